The second-order valence-corrected chi connectivity index (χ2v) is 8.25. The molecule has 5 rings (SSSR count). The van der Waals surface area contributed by atoms with Crippen LogP contribution >= 0.6 is 11.6 Å². The summed E-state index contributed by atoms with van der Waals surface area (Å²) in [6.45, 7) is 1.31. The van der Waals surface area contributed by atoms with Gasteiger partial charge in [-0.3, -0.25) is 9.58 Å². The van der Waals surface area contributed by atoms with Crippen LogP contribution in [-0.2, 0) is 4.74 Å². The lowest BCUT2D eigenvalue weighted by atomic mass is 10.1. The Hall–Kier alpha value is -1.84. The maximum Gasteiger partial charge on any atom is 0.401 e. The number of aromatic nitrogens is 3. The molecule has 10 heteroatoms. The molecule has 3 fully saturated rings. The lowest BCUT2D eigenvalue weighted by Crippen LogP contribution is -2.35. The Morgan fingerprint density at radius 1 is 1.21 bits per heavy atom. The number of hydrogen-bond donors (Lipinski definition) is 1. The number of ether oxygens (including phenoxy) is 1. The largest absolute Gasteiger partial charge is 0.401 e. The van der Waals surface area contributed by atoms with Gasteiger partial charge in [0.1, 0.15) is 5.82 Å². The van der Waals surface area contributed by atoms with Crippen LogP contribution in [-0.4, -0.2) is 58.7 Å². The molecule has 2 atom stereocenters. The molecule has 2 aromatic heterocycles. The van der Waals surface area contributed by atoms with Crippen LogP contribution in [0.4, 0.5) is 19.0 Å². The summed E-state index contributed by atoms with van der Waals surface area (Å²) >= 11 is 6.09. The zero-order chi connectivity index (χ0) is 19.6. The topological polar surface area (TPSA) is 69.2 Å². The Balaban J connectivity index is 1.40. The fourth-order valence-electron chi connectivity index (χ4n) is 4.48. The highest BCUT2D eigenvalue weighted by Crippen LogP contribution is 2.59. The van der Waals surface area contributed by atoms with Gasteiger partial charge in [0.2, 0.25) is 0 Å². The molecule has 0 bridgehead atoms. The van der Waals surface area contributed by atoms with Crippen LogP contribution in [0.3, 0.4) is 0 Å². The van der Waals surface area contributed by atoms with E-state index in [4.69, 9.17) is 27.2 Å². The van der Waals surface area contributed by atoms with Crippen LogP contribution in [0, 0.1) is 11.8 Å². The maximum atomic E-state index is 12.6. The SMILES string of the molecule is Nc1ncc(-c2cc(C3C4CN(CC(F)(F)F)CC43)n(C3COC3)n2)cc1Cl. The number of nitrogens with zero attached hydrogens (tertiary/aromatic N) is 4. The lowest BCUT2D eigenvalue weighted by Gasteiger charge is -2.28. The minimum Gasteiger partial charge on any atom is -0.382 e. The van der Waals surface area contributed by atoms with Gasteiger partial charge in [0.05, 0.1) is 36.5 Å². The summed E-state index contributed by atoms with van der Waals surface area (Å²) < 4.78 is 45.3. The maximum absolute atomic E-state index is 12.6. The van der Waals surface area contributed by atoms with Crippen LogP contribution in [0.25, 0.3) is 11.3 Å². The zero-order valence-corrected chi connectivity index (χ0v) is 15.6. The molecule has 2 unspecified atom stereocenters. The molecule has 2 aromatic rings. The molecular weight excluding hydrogens is 395 g/mol. The number of pyridine rings is 1. The molecule has 0 amide bonds. The summed E-state index contributed by atoms with van der Waals surface area (Å²) in [5.74, 6) is 1.00. The third kappa shape index (κ3) is 3.15. The number of hydrogen-bond acceptors (Lipinski definition) is 5. The molecule has 2 aliphatic heterocycles. The normalized spacial score (nSPS) is 27.6. The molecule has 150 valence electrons. The van der Waals surface area contributed by atoms with Crippen molar-refractivity contribution in [3.8, 4) is 11.3 Å². The predicted molar refractivity (Wildman–Crippen MR) is 97.0 cm³/mol. The first-order valence-electron chi connectivity index (χ1n) is 9.18. The molecule has 2 N–H and O–H groups in total. The summed E-state index contributed by atoms with van der Waals surface area (Å²) in [6.07, 6.45) is -2.51. The number of likely N-dealkylation sites (tertiary alicyclic amines) is 1. The Bertz CT molecular complexity index is 901. The van der Waals surface area contributed by atoms with E-state index in [1.54, 1.807) is 12.3 Å². The molecule has 2 saturated heterocycles. The van der Waals surface area contributed by atoms with Crippen molar-refractivity contribution in [1.29, 1.82) is 0 Å². The van der Waals surface area contributed by atoms with Gasteiger partial charge in [-0.1, -0.05) is 11.6 Å². The van der Waals surface area contributed by atoms with Gasteiger partial charge in [-0.25, -0.2) is 4.98 Å². The third-order valence-corrected chi connectivity index (χ3v) is 6.21. The van der Waals surface area contributed by atoms with Crippen molar-refractivity contribution in [2.75, 3.05) is 38.6 Å². The lowest BCUT2D eigenvalue weighted by molar-refractivity contribution is -0.144. The second-order valence-electron chi connectivity index (χ2n) is 7.84. The Labute approximate surface area is 164 Å². The summed E-state index contributed by atoms with van der Waals surface area (Å²) in [5.41, 5.74) is 8.27. The number of nitrogen functional groups attached to an aromatic ring is 1. The van der Waals surface area contributed by atoms with Gasteiger partial charge in [0.15, 0.2) is 0 Å². The van der Waals surface area contributed by atoms with Gasteiger partial charge in [-0.2, -0.15) is 18.3 Å². The van der Waals surface area contributed by atoms with Crippen LogP contribution in [0.15, 0.2) is 18.3 Å². The van der Waals surface area contributed by atoms with E-state index in [-0.39, 0.29) is 29.6 Å². The fourth-order valence-corrected chi connectivity index (χ4v) is 4.65. The molecule has 0 spiro atoms. The first-order valence-corrected chi connectivity index (χ1v) is 9.55. The first kappa shape index (κ1) is 18.2. The van der Waals surface area contributed by atoms with Gasteiger partial charge in [0.25, 0.3) is 0 Å². The van der Waals surface area contributed by atoms with Crippen molar-refractivity contribution in [3.63, 3.8) is 0 Å². The number of fused-ring (bicyclic) bond motifs is 1. The molecule has 0 aromatic carbocycles. The van der Waals surface area contributed by atoms with E-state index in [9.17, 15) is 13.2 Å². The number of anilines is 1. The number of alkyl halides is 3. The number of halogens is 4. The van der Waals surface area contributed by atoms with E-state index in [2.05, 4.69) is 4.98 Å². The molecule has 6 nitrogen and oxygen atoms in total. The monoisotopic (exact) mass is 413 g/mol. The first-order chi connectivity index (χ1) is 13.3. The summed E-state index contributed by atoms with van der Waals surface area (Å²) in [5, 5.41) is 5.11. The quantitative estimate of drug-likeness (QED) is 0.834. The molecular formula is C18H19ClF3N5O. The molecule has 1 saturated carbocycles. The fraction of sp³-hybridized carbons (Fsp3) is 0.556. The highest BCUT2D eigenvalue weighted by molar-refractivity contribution is 6.33. The molecule has 28 heavy (non-hydrogen) atoms. The highest BCUT2D eigenvalue weighted by Gasteiger charge is 2.58. The van der Waals surface area contributed by atoms with Crippen LogP contribution < -0.4 is 5.73 Å². The Morgan fingerprint density at radius 3 is 2.50 bits per heavy atom. The summed E-state index contributed by atoms with van der Waals surface area (Å²) in [6, 6.07) is 3.91. The number of nitrogens with two attached hydrogens (primary N) is 1. The van der Waals surface area contributed by atoms with E-state index in [0.29, 0.717) is 31.3 Å². The molecule has 1 aliphatic carbocycles. The molecule has 0 radical (unpaired) electrons. The van der Waals surface area contributed by atoms with Crippen LogP contribution in [0.1, 0.15) is 17.7 Å². The van der Waals surface area contributed by atoms with Crippen molar-refractivity contribution in [2.45, 2.75) is 18.1 Å². The molecule has 3 aliphatic rings. The second kappa shape index (κ2) is 6.33. The van der Waals surface area contributed by atoms with Gasteiger partial charge in [-0.15, -0.1) is 0 Å². The minimum atomic E-state index is -4.15. The van der Waals surface area contributed by atoms with Crippen LogP contribution in [0.2, 0.25) is 5.02 Å². The Morgan fingerprint density at radius 2 is 1.93 bits per heavy atom. The zero-order valence-electron chi connectivity index (χ0n) is 14.9. The summed E-state index contributed by atoms with van der Waals surface area (Å²) in [4.78, 5) is 5.60. The van der Waals surface area contributed by atoms with Gasteiger partial charge in [-0.05, 0) is 24.0 Å². The summed E-state index contributed by atoms with van der Waals surface area (Å²) in [7, 11) is 0. The average Bonchev–Trinajstić information content (AvgIpc) is 2.91. The van der Waals surface area contributed by atoms with Gasteiger partial charge < -0.3 is 10.5 Å². The number of piperidine rings is 1. The standard InChI is InChI=1S/C18H19ClF3N5O/c19-13-1-9(3-24-17(13)23)14-2-15(27(25-14)10-6-28-7-10)16-11-4-26(5-12(11)16)8-18(20,21)22/h1-3,10-12,16H,4-8H2,(H2,23,24). The van der Waals surface area contributed by atoms with Gasteiger partial charge in [0, 0.05) is 36.5 Å². The van der Waals surface area contributed by atoms with E-state index in [0.717, 1.165) is 17.0 Å². The van der Waals surface area contributed by atoms with E-state index in [1.807, 2.05) is 10.7 Å². The highest BCUT2D eigenvalue weighted by atomic mass is 35.5. The van der Waals surface area contributed by atoms with Crippen molar-refractivity contribution in [1.82, 2.24) is 19.7 Å². The smallest absolute Gasteiger partial charge is 0.382 e. The number of rotatable bonds is 4. The van der Waals surface area contributed by atoms with Crippen molar-refractivity contribution in [2.24, 2.45) is 11.8 Å². The minimum absolute atomic E-state index is 0.161. The van der Waals surface area contributed by atoms with Crippen LogP contribution in [0.5, 0.6) is 0 Å². The van der Waals surface area contributed by atoms with E-state index in [1.165, 1.54) is 4.90 Å². The third-order valence-electron chi connectivity index (χ3n) is 5.91. The Kier molecular flexibility index (Phi) is 4.12. The predicted octanol–water partition coefficient (Wildman–Crippen LogP) is 2.96. The van der Waals surface area contributed by atoms with Crippen molar-refractivity contribution >= 4 is 17.4 Å². The average molecular weight is 414 g/mol. The van der Waals surface area contributed by atoms with E-state index >= 15 is 0 Å². The van der Waals surface area contributed by atoms with E-state index < -0.39 is 12.7 Å². The molecule has 4 heterocycles. The van der Waals surface area contributed by atoms with Crippen molar-refractivity contribution < 1.29 is 17.9 Å². The van der Waals surface area contributed by atoms with Crippen molar-refractivity contribution in [3.05, 3.63) is 29.0 Å². The van der Waals surface area contributed by atoms with Gasteiger partial charge >= 0.3 is 6.18 Å².